The second-order valence-corrected chi connectivity index (χ2v) is 4.14. The van der Waals surface area contributed by atoms with Gasteiger partial charge in [-0.1, -0.05) is 0 Å². The molecule has 0 aromatic carbocycles. The topological polar surface area (TPSA) is 29.9 Å². The van der Waals surface area contributed by atoms with Gasteiger partial charge in [-0.25, -0.2) is 4.98 Å². The Labute approximate surface area is 78.2 Å². The molecule has 3 nitrogen and oxygen atoms in total. The molecule has 1 aromatic rings. The van der Waals surface area contributed by atoms with Crippen molar-refractivity contribution in [2.24, 2.45) is 0 Å². The summed E-state index contributed by atoms with van der Waals surface area (Å²) >= 11 is 0. The van der Waals surface area contributed by atoms with E-state index in [1.54, 1.807) is 0 Å². The van der Waals surface area contributed by atoms with Crippen LogP contribution in [0, 0.1) is 0 Å². The lowest BCUT2D eigenvalue weighted by Crippen LogP contribution is -2.18. The van der Waals surface area contributed by atoms with Gasteiger partial charge in [0, 0.05) is 24.5 Å². The van der Waals surface area contributed by atoms with E-state index in [0.29, 0.717) is 0 Å². The van der Waals surface area contributed by atoms with E-state index in [2.05, 4.69) is 21.1 Å². The van der Waals surface area contributed by atoms with Gasteiger partial charge in [0.1, 0.15) is 5.82 Å². The van der Waals surface area contributed by atoms with Gasteiger partial charge in [-0.3, -0.25) is 0 Å². The SMILES string of the molecule is c1cn(C2CC2)c(CNC2CC2)n1. The van der Waals surface area contributed by atoms with E-state index < -0.39 is 0 Å². The monoisotopic (exact) mass is 177 g/mol. The zero-order valence-corrected chi connectivity index (χ0v) is 7.74. The van der Waals surface area contributed by atoms with Gasteiger partial charge in [0.05, 0.1) is 6.54 Å². The van der Waals surface area contributed by atoms with E-state index in [-0.39, 0.29) is 0 Å². The number of hydrogen-bond donors (Lipinski definition) is 1. The van der Waals surface area contributed by atoms with Crippen molar-refractivity contribution in [1.82, 2.24) is 14.9 Å². The molecule has 1 aromatic heterocycles. The third-order valence-electron chi connectivity index (χ3n) is 2.82. The Morgan fingerprint density at radius 2 is 2.23 bits per heavy atom. The molecule has 0 saturated heterocycles. The Morgan fingerprint density at radius 1 is 1.38 bits per heavy atom. The molecule has 0 amide bonds. The minimum atomic E-state index is 0.763. The minimum absolute atomic E-state index is 0.763. The van der Waals surface area contributed by atoms with E-state index in [9.17, 15) is 0 Å². The van der Waals surface area contributed by atoms with Crippen molar-refractivity contribution < 1.29 is 0 Å². The second kappa shape index (κ2) is 2.84. The van der Waals surface area contributed by atoms with Crippen molar-refractivity contribution in [2.45, 2.75) is 44.3 Å². The molecule has 0 radical (unpaired) electrons. The molecule has 2 aliphatic rings. The number of imidazole rings is 1. The molecule has 2 aliphatic carbocycles. The first-order chi connectivity index (χ1) is 6.43. The highest BCUT2D eigenvalue weighted by Gasteiger charge is 2.26. The first-order valence-corrected chi connectivity index (χ1v) is 5.18. The van der Waals surface area contributed by atoms with Gasteiger partial charge in [0.2, 0.25) is 0 Å². The van der Waals surface area contributed by atoms with Crippen molar-refractivity contribution in [3.05, 3.63) is 18.2 Å². The van der Waals surface area contributed by atoms with Crippen LogP contribution < -0.4 is 5.32 Å². The van der Waals surface area contributed by atoms with Crippen molar-refractivity contribution in [2.75, 3.05) is 0 Å². The number of nitrogens with zero attached hydrogens (tertiary/aromatic N) is 2. The fraction of sp³-hybridized carbons (Fsp3) is 0.700. The molecule has 0 unspecified atom stereocenters. The predicted molar refractivity (Wildman–Crippen MR) is 50.4 cm³/mol. The van der Waals surface area contributed by atoms with E-state index in [0.717, 1.165) is 18.6 Å². The van der Waals surface area contributed by atoms with Gasteiger partial charge in [-0.15, -0.1) is 0 Å². The van der Waals surface area contributed by atoms with Crippen LogP contribution in [0.25, 0.3) is 0 Å². The Kier molecular flexibility index (Phi) is 1.65. The summed E-state index contributed by atoms with van der Waals surface area (Å²) in [7, 11) is 0. The van der Waals surface area contributed by atoms with Crippen molar-refractivity contribution in [3.8, 4) is 0 Å². The molecule has 3 heteroatoms. The molecule has 13 heavy (non-hydrogen) atoms. The zero-order valence-electron chi connectivity index (χ0n) is 7.74. The van der Waals surface area contributed by atoms with Gasteiger partial charge in [0.15, 0.2) is 0 Å². The standard InChI is InChI=1S/C10H15N3/c1-2-8(1)12-7-10-11-5-6-13(10)9-3-4-9/h5-6,8-9,12H,1-4,7H2. The molecule has 2 saturated carbocycles. The van der Waals surface area contributed by atoms with E-state index in [1.165, 1.54) is 31.5 Å². The van der Waals surface area contributed by atoms with Crippen molar-refractivity contribution in [3.63, 3.8) is 0 Å². The van der Waals surface area contributed by atoms with Crippen molar-refractivity contribution >= 4 is 0 Å². The van der Waals surface area contributed by atoms with Gasteiger partial charge in [-0.2, -0.15) is 0 Å². The molecule has 3 rings (SSSR count). The fourth-order valence-electron chi connectivity index (χ4n) is 1.69. The summed E-state index contributed by atoms with van der Waals surface area (Å²) in [5.74, 6) is 1.22. The first kappa shape index (κ1) is 7.56. The molecule has 0 aliphatic heterocycles. The molecule has 0 spiro atoms. The van der Waals surface area contributed by atoms with Gasteiger partial charge >= 0.3 is 0 Å². The fourth-order valence-corrected chi connectivity index (χ4v) is 1.69. The van der Waals surface area contributed by atoms with Crippen LogP contribution in [-0.2, 0) is 6.54 Å². The number of nitrogens with one attached hydrogen (secondary N) is 1. The molecule has 2 fully saturated rings. The highest BCUT2D eigenvalue weighted by atomic mass is 15.1. The third kappa shape index (κ3) is 1.61. The van der Waals surface area contributed by atoms with Gasteiger partial charge in [-0.05, 0) is 25.7 Å². The number of rotatable bonds is 4. The minimum Gasteiger partial charge on any atom is -0.331 e. The zero-order chi connectivity index (χ0) is 8.67. The molecule has 1 N–H and O–H groups in total. The highest BCUT2D eigenvalue weighted by Crippen LogP contribution is 2.35. The summed E-state index contributed by atoms with van der Waals surface area (Å²) in [5.41, 5.74) is 0. The van der Waals surface area contributed by atoms with Crippen LogP contribution in [0.4, 0.5) is 0 Å². The maximum Gasteiger partial charge on any atom is 0.122 e. The summed E-state index contributed by atoms with van der Waals surface area (Å²) < 4.78 is 2.33. The normalized spacial score (nSPS) is 22.2. The molecular formula is C10H15N3. The number of hydrogen-bond acceptors (Lipinski definition) is 2. The molecule has 0 bridgehead atoms. The van der Waals surface area contributed by atoms with Crippen LogP contribution in [0.1, 0.15) is 37.5 Å². The average molecular weight is 177 g/mol. The maximum atomic E-state index is 4.38. The Balaban J connectivity index is 1.67. The molecule has 0 atom stereocenters. The Morgan fingerprint density at radius 3 is 2.92 bits per heavy atom. The first-order valence-electron chi connectivity index (χ1n) is 5.18. The van der Waals surface area contributed by atoms with E-state index in [4.69, 9.17) is 0 Å². The smallest absolute Gasteiger partial charge is 0.122 e. The summed E-state index contributed by atoms with van der Waals surface area (Å²) in [5, 5.41) is 3.50. The molecule has 1 heterocycles. The average Bonchev–Trinajstić information content (AvgIpc) is 3.03. The van der Waals surface area contributed by atoms with Gasteiger partial charge in [0.25, 0.3) is 0 Å². The third-order valence-corrected chi connectivity index (χ3v) is 2.82. The molecule has 70 valence electrons. The molecular weight excluding hydrogens is 162 g/mol. The van der Waals surface area contributed by atoms with E-state index >= 15 is 0 Å². The lowest BCUT2D eigenvalue weighted by atomic mass is 10.5. The largest absolute Gasteiger partial charge is 0.331 e. The summed E-state index contributed by atoms with van der Waals surface area (Å²) in [4.78, 5) is 4.38. The van der Waals surface area contributed by atoms with E-state index in [1.807, 2.05) is 6.20 Å². The Hall–Kier alpha value is -0.830. The van der Waals surface area contributed by atoms with Crippen molar-refractivity contribution in [1.29, 1.82) is 0 Å². The number of aromatic nitrogens is 2. The predicted octanol–water partition coefficient (Wildman–Crippen LogP) is 1.47. The second-order valence-electron chi connectivity index (χ2n) is 4.14. The van der Waals surface area contributed by atoms with Crippen LogP contribution in [-0.4, -0.2) is 15.6 Å². The van der Waals surface area contributed by atoms with Crippen LogP contribution in [0.5, 0.6) is 0 Å². The van der Waals surface area contributed by atoms with Crippen LogP contribution in [0.3, 0.4) is 0 Å². The van der Waals surface area contributed by atoms with Crippen LogP contribution in [0.15, 0.2) is 12.4 Å². The van der Waals surface area contributed by atoms with Gasteiger partial charge < -0.3 is 9.88 Å². The summed E-state index contributed by atoms with van der Waals surface area (Å²) in [6.45, 7) is 0.953. The maximum absolute atomic E-state index is 4.38. The summed E-state index contributed by atoms with van der Waals surface area (Å²) in [6.07, 6.45) is 9.41. The Bertz CT molecular complexity index is 297. The lowest BCUT2D eigenvalue weighted by molar-refractivity contribution is 0.603. The quantitative estimate of drug-likeness (QED) is 0.754. The lowest BCUT2D eigenvalue weighted by Gasteiger charge is -2.06. The van der Waals surface area contributed by atoms with Crippen LogP contribution >= 0.6 is 0 Å². The highest BCUT2D eigenvalue weighted by molar-refractivity contribution is 5.00. The van der Waals surface area contributed by atoms with Crippen LogP contribution in [0.2, 0.25) is 0 Å². The summed E-state index contributed by atoms with van der Waals surface area (Å²) in [6, 6.07) is 1.54.